The molecule has 3 aromatic rings. The largest absolute Gasteiger partial charge is 0.494 e. The van der Waals surface area contributed by atoms with Crippen LogP contribution in [0.2, 0.25) is 5.02 Å². The number of benzene rings is 1. The lowest BCUT2D eigenvalue weighted by atomic mass is 9.84. The normalized spacial score (nSPS) is 15.5. The van der Waals surface area contributed by atoms with E-state index < -0.39 is 11.9 Å². The highest BCUT2D eigenvalue weighted by molar-refractivity contribution is 6.32. The Kier molecular flexibility index (Phi) is 6.69. The molecule has 1 aromatic carbocycles. The first-order valence-corrected chi connectivity index (χ1v) is 11.1. The highest BCUT2D eigenvalue weighted by atomic mass is 35.5. The van der Waals surface area contributed by atoms with Crippen molar-refractivity contribution in [2.45, 2.75) is 44.6 Å². The van der Waals surface area contributed by atoms with E-state index in [0.29, 0.717) is 18.2 Å². The van der Waals surface area contributed by atoms with Gasteiger partial charge in [0.05, 0.1) is 11.2 Å². The van der Waals surface area contributed by atoms with E-state index in [0.717, 1.165) is 25.7 Å². The lowest BCUT2D eigenvalue weighted by Gasteiger charge is -2.27. The molecule has 2 aromatic heterocycles. The lowest BCUT2D eigenvalue weighted by Crippen LogP contribution is -2.28. The number of anilines is 1. The second kappa shape index (κ2) is 9.65. The van der Waals surface area contributed by atoms with Crippen molar-refractivity contribution >= 4 is 23.3 Å². The number of ether oxygens (including phenoxy) is 1. The maximum Gasteiger partial charge on any atom is 0.248 e. The summed E-state index contributed by atoms with van der Waals surface area (Å²) in [6, 6.07) is 6.63. The van der Waals surface area contributed by atoms with Gasteiger partial charge in [-0.3, -0.25) is 9.48 Å². The summed E-state index contributed by atoms with van der Waals surface area (Å²) < 4.78 is 22.8. The monoisotopic (exact) mass is 460 g/mol. The number of carbonyl (C=O) groups excluding carboxylic acids is 1. The van der Waals surface area contributed by atoms with E-state index in [-0.39, 0.29) is 28.3 Å². The van der Waals surface area contributed by atoms with Crippen LogP contribution < -0.4 is 10.1 Å². The minimum Gasteiger partial charge on any atom is -0.494 e. The fourth-order valence-corrected chi connectivity index (χ4v) is 4.42. The van der Waals surface area contributed by atoms with Crippen LogP contribution in [0, 0.1) is 11.7 Å². The highest BCUT2D eigenvalue weighted by Gasteiger charge is 2.29. The van der Waals surface area contributed by atoms with Crippen LogP contribution in [0.25, 0.3) is 0 Å². The summed E-state index contributed by atoms with van der Waals surface area (Å²) in [5.41, 5.74) is 0. The van der Waals surface area contributed by atoms with Crippen LogP contribution in [0.4, 0.5) is 10.2 Å². The summed E-state index contributed by atoms with van der Waals surface area (Å²) in [5.74, 6) is -0.179. The van der Waals surface area contributed by atoms with Gasteiger partial charge in [0, 0.05) is 25.4 Å². The van der Waals surface area contributed by atoms with E-state index in [1.165, 1.54) is 41.5 Å². The first-order chi connectivity index (χ1) is 15.4. The van der Waals surface area contributed by atoms with E-state index >= 15 is 0 Å². The van der Waals surface area contributed by atoms with E-state index in [1.807, 2.05) is 0 Å². The number of amides is 1. The molecule has 32 heavy (non-hydrogen) atoms. The van der Waals surface area contributed by atoms with Gasteiger partial charge in [-0.1, -0.05) is 49.8 Å². The fraction of sp³-hybridized carbons (Fsp3) is 0.391. The van der Waals surface area contributed by atoms with Crippen molar-refractivity contribution in [3.8, 4) is 17.4 Å². The van der Waals surface area contributed by atoms with Crippen molar-refractivity contribution in [1.82, 2.24) is 14.3 Å². The molecule has 4 rings (SSSR count). The van der Waals surface area contributed by atoms with Crippen molar-refractivity contribution < 1.29 is 19.0 Å². The van der Waals surface area contributed by atoms with Gasteiger partial charge in [0.2, 0.25) is 5.91 Å². The molecule has 2 N–H and O–H groups in total. The number of nitrogens with one attached hydrogen (secondary N) is 1. The third-order valence-electron chi connectivity index (χ3n) is 5.83. The molecule has 0 bridgehead atoms. The zero-order chi connectivity index (χ0) is 22.7. The number of aromatic nitrogens is 3. The lowest BCUT2D eigenvalue weighted by molar-refractivity contribution is -0.120. The van der Waals surface area contributed by atoms with Crippen LogP contribution in [-0.4, -0.2) is 25.4 Å². The SMILES string of the molecule is Cn1ccc(NC(=O)[C@H](CC2CCCCC2)n2cc(Oc3c(F)cccc3Cl)cc2O)n1. The molecule has 0 radical (unpaired) electrons. The summed E-state index contributed by atoms with van der Waals surface area (Å²) in [6.07, 6.45) is 9.38. The Labute approximate surface area is 190 Å². The molecule has 9 heteroatoms. The van der Waals surface area contributed by atoms with Crippen molar-refractivity contribution in [3.05, 3.63) is 53.6 Å². The molecule has 0 unspecified atom stereocenters. The van der Waals surface area contributed by atoms with Crippen LogP contribution in [0.5, 0.6) is 17.4 Å². The fourth-order valence-electron chi connectivity index (χ4n) is 4.22. The third kappa shape index (κ3) is 5.07. The number of carbonyl (C=O) groups is 1. The second-order valence-electron chi connectivity index (χ2n) is 8.21. The molecule has 0 aliphatic heterocycles. The minimum atomic E-state index is -0.673. The molecule has 1 fully saturated rings. The maximum atomic E-state index is 14.1. The summed E-state index contributed by atoms with van der Waals surface area (Å²) in [7, 11) is 1.77. The van der Waals surface area contributed by atoms with Gasteiger partial charge in [-0.25, -0.2) is 4.39 Å². The molecule has 1 amide bonds. The predicted octanol–water partition coefficient (Wildman–Crippen LogP) is 5.66. The standard InChI is InChI=1S/C23H26ClFN4O3/c1-28-11-10-20(27-28)26-23(31)19(12-15-6-3-2-4-7-15)29-14-16(13-21(29)30)32-22-17(24)8-5-9-18(22)25/h5,8-11,13-15,19,30H,2-4,6-7,12H2,1H3,(H,26,27,31)/t19-/m0/s1. The molecular formula is C23H26ClFN4O3. The molecular weight excluding hydrogens is 435 g/mol. The Balaban J connectivity index is 1.60. The molecule has 2 heterocycles. The van der Waals surface area contributed by atoms with Crippen molar-refractivity contribution in [3.63, 3.8) is 0 Å². The van der Waals surface area contributed by atoms with Gasteiger partial charge < -0.3 is 19.7 Å². The van der Waals surface area contributed by atoms with Gasteiger partial charge in [-0.2, -0.15) is 5.10 Å². The van der Waals surface area contributed by atoms with Gasteiger partial charge in [0.15, 0.2) is 23.3 Å². The van der Waals surface area contributed by atoms with Gasteiger partial charge in [0.1, 0.15) is 11.8 Å². The number of aromatic hydroxyl groups is 1. The number of aryl methyl sites for hydroxylation is 1. The Morgan fingerprint density at radius 3 is 2.81 bits per heavy atom. The van der Waals surface area contributed by atoms with E-state index in [1.54, 1.807) is 24.0 Å². The molecule has 1 saturated carbocycles. The molecule has 1 atom stereocenters. The summed E-state index contributed by atoms with van der Waals surface area (Å²) in [6.45, 7) is 0. The van der Waals surface area contributed by atoms with Gasteiger partial charge in [-0.05, 0) is 24.5 Å². The van der Waals surface area contributed by atoms with Crippen molar-refractivity contribution in [2.24, 2.45) is 13.0 Å². The van der Waals surface area contributed by atoms with Crippen molar-refractivity contribution in [2.75, 3.05) is 5.32 Å². The van der Waals surface area contributed by atoms with Crippen LogP contribution >= 0.6 is 11.6 Å². The van der Waals surface area contributed by atoms with Gasteiger partial charge in [-0.15, -0.1) is 0 Å². The van der Waals surface area contributed by atoms with E-state index in [9.17, 15) is 14.3 Å². The zero-order valence-electron chi connectivity index (χ0n) is 17.8. The van der Waals surface area contributed by atoms with E-state index in [2.05, 4.69) is 10.4 Å². The number of halogens is 2. The molecule has 0 saturated heterocycles. The third-order valence-corrected chi connectivity index (χ3v) is 6.12. The van der Waals surface area contributed by atoms with Crippen LogP contribution in [0.1, 0.15) is 44.6 Å². The molecule has 0 spiro atoms. The summed E-state index contributed by atoms with van der Waals surface area (Å²) >= 11 is 6.05. The molecule has 170 valence electrons. The van der Waals surface area contributed by atoms with Gasteiger partial charge >= 0.3 is 0 Å². The number of para-hydroxylation sites is 1. The summed E-state index contributed by atoms with van der Waals surface area (Å²) in [4.78, 5) is 13.2. The molecule has 1 aliphatic carbocycles. The Morgan fingerprint density at radius 1 is 1.34 bits per heavy atom. The van der Waals surface area contributed by atoms with Crippen LogP contribution in [0.15, 0.2) is 42.7 Å². The minimum absolute atomic E-state index is 0.115. The van der Waals surface area contributed by atoms with E-state index in [4.69, 9.17) is 16.3 Å². The quantitative estimate of drug-likeness (QED) is 0.476. The Hall–Kier alpha value is -3.00. The average molecular weight is 461 g/mol. The summed E-state index contributed by atoms with van der Waals surface area (Å²) in [5, 5.41) is 17.8. The Morgan fingerprint density at radius 2 is 2.12 bits per heavy atom. The number of hydrogen-bond donors (Lipinski definition) is 2. The average Bonchev–Trinajstić information content (AvgIpc) is 3.34. The number of hydrogen-bond acceptors (Lipinski definition) is 4. The highest BCUT2D eigenvalue weighted by Crippen LogP contribution is 2.38. The zero-order valence-corrected chi connectivity index (χ0v) is 18.6. The Bertz CT molecular complexity index is 1070. The molecule has 7 nitrogen and oxygen atoms in total. The van der Waals surface area contributed by atoms with Gasteiger partial charge in [0.25, 0.3) is 0 Å². The van der Waals surface area contributed by atoms with Crippen LogP contribution in [0.3, 0.4) is 0 Å². The first-order valence-electron chi connectivity index (χ1n) is 10.7. The predicted molar refractivity (Wildman–Crippen MR) is 120 cm³/mol. The van der Waals surface area contributed by atoms with Crippen LogP contribution in [-0.2, 0) is 11.8 Å². The van der Waals surface area contributed by atoms with Crippen molar-refractivity contribution in [1.29, 1.82) is 0 Å². The second-order valence-corrected chi connectivity index (χ2v) is 8.62. The smallest absolute Gasteiger partial charge is 0.248 e. The molecule has 1 aliphatic rings. The maximum absolute atomic E-state index is 14.1. The first kappa shape index (κ1) is 22.2. The number of nitrogens with zero attached hydrogens (tertiary/aromatic N) is 3. The topological polar surface area (TPSA) is 81.3 Å². The number of rotatable bonds is 7.